The van der Waals surface area contributed by atoms with Crippen LogP contribution in [0, 0.1) is 5.82 Å². The SMILES string of the molecule is COc1cccc(F)c1-c1ncc2[nH]nc(-c3ccn(C)c(=O)c3)c2n1. The summed E-state index contributed by atoms with van der Waals surface area (Å²) in [4.78, 5) is 20.6. The Morgan fingerprint density at radius 3 is 2.88 bits per heavy atom. The van der Waals surface area contributed by atoms with Gasteiger partial charge in [-0.2, -0.15) is 5.10 Å². The van der Waals surface area contributed by atoms with Crippen LogP contribution in [0.2, 0.25) is 0 Å². The zero-order valence-electron chi connectivity index (χ0n) is 14.0. The smallest absolute Gasteiger partial charge is 0.250 e. The van der Waals surface area contributed by atoms with Gasteiger partial charge in [-0.1, -0.05) is 6.07 Å². The quantitative estimate of drug-likeness (QED) is 0.613. The maximum atomic E-state index is 14.3. The highest BCUT2D eigenvalue weighted by Gasteiger charge is 2.17. The molecule has 0 aliphatic rings. The van der Waals surface area contributed by atoms with E-state index in [0.29, 0.717) is 28.0 Å². The van der Waals surface area contributed by atoms with Gasteiger partial charge in [-0.15, -0.1) is 0 Å². The van der Waals surface area contributed by atoms with Crippen LogP contribution in [0.25, 0.3) is 33.7 Å². The first-order valence-electron chi connectivity index (χ1n) is 7.79. The Bertz CT molecular complexity index is 1180. The molecule has 4 aromatic rings. The lowest BCUT2D eigenvalue weighted by Crippen LogP contribution is -2.14. The minimum Gasteiger partial charge on any atom is -0.496 e. The second-order valence-corrected chi connectivity index (χ2v) is 5.71. The number of nitrogens with zero attached hydrogens (tertiary/aromatic N) is 4. The Balaban J connectivity index is 1.93. The van der Waals surface area contributed by atoms with Gasteiger partial charge >= 0.3 is 0 Å². The van der Waals surface area contributed by atoms with E-state index in [4.69, 9.17) is 4.74 Å². The number of halogens is 1. The third-order valence-corrected chi connectivity index (χ3v) is 4.10. The monoisotopic (exact) mass is 351 g/mol. The summed E-state index contributed by atoms with van der Waals surface area (Å²) in [6, 6.07) is 7.76. The molecule has 7 nitrogen and oxygen atoms in total. The molecule has 3 heterocycles. The van der Waals surface area contributed by atoms with E-state index in [1.807, 2.05) is 0 Å². The van der Waals surface area contributed by atoms with Crippen molar-refractivity contribution in [3.05, 3.63) is 58.9 Å². The second-order valence-electron chi connectivity index (χ2n) is 5.71. The lowest BCUT2D eigenvalue weighted by atomic mass is 10.1. The van der Waals surface area contributed by atoms with E-state index in [0.717, 1.165) is 0 Å². The van der Waals surface area contributed by atoms with Gasteiger partial charge in [0.05, 0.1) is 18.9 Å². The largest absolute Gasteiger partial charge is 0.496 e. The van der Waals surface area contributed by atoms with Crippen molar-refractivity contribution in [2.24, 2.45) is 7.05 Å². The predicted octanol–water partition coefficient (Wildman–Crippen LogP) is 2.53. The summed E-state index contributed by atoms with van der Waals surface area (Å²) in [6.45, 7) is 0. The van der Waals surface area contributed by atoms with Crippen LogP contribution in [0.3, 0.4) is 0 Å². The summed E-state index contributed by atoms with van der Waals surface area (Å²) in [7, 11) is 3.12. The van der Waals surface area contributed by atoms with Crippen LogP contribution in [0.1, 0.15) is 0 Å². The number of nitrogens with one attached hydrogen (secondary N) is 1. The molecule has 0 atom stereocenters. The second kappa shape index (κ2) is 6.07. The Hall–Kier alpha value is -3.55. The maximum Gasteiger partial charge on any atom is 0.250 e. The first-order chi connectivity index (χ1) is 12.6. The maximum absolute atomic E-state index is 14.3. The van der Waals surface area contributed by atoms with Crippen molar-refractivity contribution in [2.75, 3.05) is 7.11 Å². The average molecular weight is 351 g/mol. The van der Waals surface area contributed by atoms with Gasteiger partial charge in [0.1, 0.15) is 28.3 Å². The minimum atomic E-state index is -0.484. The van der Waals surface area contributed by atoms with Crippen LogP contribution >= 0.6 is 0 Å². The van der Waals surface area contributed by atoms with Crippen LogP contribution in [0.15, 0.2) is 47.5 Å². The molecule has 0 aliphatic carbocycles. The Morgan fingerprint density at radius 1 is 1.27 bits per heavy atom. The van der Waals surface area contributed by atoms with E-state index in [2.05, 4.69) is 20.2 Å². The third kappa shape index (κ3) is 2.52. The minimum absolute atomic E-state index is 0.163. The molecule has 4 rings (SSSR count). The third-order valence-electron chi connectivity index (χ3n) is 4.10. The fourth-order valence-electron chi connectivity index (χ4n) is 2.72. The van der Waals surface area contributed by atoms with Crippen LogP contribution in [-0.2, 0) is 7.05 Å². The Kier molecular flexibility index (Phi) is 3.72. The van der Waals surface area contributed by atoms with Gasteiger partial charge < -0.3 is 9.30 Å². The average Bonchev–Trinajstić information content (AvgIpc) is 3.07. The molecule has 0 aliphatic heterocycles. The molecule has 1 aromatic carbocycles. The number of hydrogen-bond donors (Lipinski definition) is 1. The molecule has 0 spiro atoms. The van der Waals surface area contributed by atoms with E-state index in [1.165, 1.54) is 30.0 Å². The van der Waals surface area contributed by atoms with E-state index in [-0.39, 0.29) is 16.9 Å². The zero-order chi connectivity index (χ0) is 18.3. The van der Waals surface area contributed by atoms with E-state index < -0.39 is 5.82 Å². The number of aromatic nitrogens is 5. The first kappa shape index (κ1) is 15.9. The van der Waals surface area contributed by atoms with Gasteiger partial charge in [-0.25, -0.2) is 14.4 Å². The van der Waals surface area contributed by atoms with Crippen molar-refractivity contribution in [1.29, 1.82) is 0 Å². The fraction of sp³-hybridized carbons (Fsp3) is 0.111. The van der Waals surface area contributed by atoms with Gasteiger partial charge in [0.25, 0.3) is 5.56 Å². The van der Waals surface area contributed by atoms with E-state index in [1.54, 1.807) is 31.4 Å². The molecule has 0 radical (unpaired) electrons. The number of ether oxygens (including phenoxy) is 1. The van der Waals surface area contributed by atoms with Gasteiger partial charge in [-0.3, -0.25) is 9.89 Å². The summed E-state index contributed by atoms with van der Waals surface area (Å²) in [5.41, 5.74) is 2.20. The molecular weight excluding hydrogens is 337 g/mol. The number of aromatic amines is 1. The molecule has 0 saturated carbocycles. The van der Waals surface area contributed by atoms with Crippen molar-refractivity contribution in [1.82, 2.24) is 24.7 Å². The highest BCUT2D eigenvalue weighted by molar-refractivity contribution is 5.90. The number of aryl methyl sites for hydroxylation is 1. The van der Waals surface area contributed by atoms with Crippen LogP contribution < -0.4 is 10.3 Å². The Labute approximate surface area is 147 Å². The molecule has 130 valence electrons. The summed E-state index contributed by atoms with van der Waals surface area (Å²) in [6.07, 6.45) is 3.18. The van der Waals surface area contributed by atoms with Gasteiger partial charge in [0.2, 0.25) is 0 Å². The predicted molar refractivity (Wildman–Crippen MR) is 94.3 cm³/mol. The van der Waals surface area contributed by atoms with Crippen LogP contribution in [0.5, 0.6) is 5.75 Å². The van der Waals surface area contributed by atoms with E-state index in [9.17, 15) is 9.18 Å². The lowest BCUT2D eigenvalue weighted by Gasteiger charge is -2.08. The molecular formula is C18H14FN5O2. The molecule has 0 saturated heterocycles. The highest BCUT2D eigenvalue weighted by Crippen LogP contribution is 2.32. The first-order valence-corrected chi connectivity index (χ1v) is 7.79. The molecule has 1 N–H and O–H groups in total. The van der Waals surface area contributed by atoms with Gasteiger partial charge in [0.15, 0.2) is 5.82 Å². The van der Waals surface area contributed by atoms with Crippen molar-refractivity contribution >= 4 is 11.0 Å². The molecule has 0 unspecified atom stereocenters. The van der Waals surface area contributed by atoms with Crippen molar-refractivity contribution in [3.63, 3.8) is 0 Å². The van der Waals surface area contributed by atoms with Crippen molar-refractivity contribution in [2.45, 2.75) is 0 Å². The number of pyridine rings is 1. The number of H-pyrrole nitrogens is 1. The van der Waals surface area contributed by atoms with Crippen LogP contribution in [-0.4, -0.2) is 31.8 Å². The summed E-state index contributed by atoms with van der Waals surface area (Å²) in [5.74, 6) is 0.0317. The number of benzene rings is 1. The molecule has 0 fully saturated rings. The summed E-state index contributed by atoms with van der Waals surface area (Å²) < 4.78 is 21.0. The molecule has 0 amide bonds. The van der Waals surface area contributed by atoms with Gasteiger partial charge in [-0.05, 0) is 18.2 Å². The van der Waals surface area contributed by atoms with Crippen molar-refractivity contribution in [3.8, 4) is 28.4 Å². The molecule has 8 heteroatoms. The van der Waals surface area contributed by atoms with Crippen molar-refractivity contribution < 1.29 is 9.13 Å². The molecule has 0 bridgehead atoms. The summed E-state index contributed by atoms with van der Waals surface area (Å²) >= 11 is 0. The number of hydrogen-bond acceptors (Lipinski definition) is 5. The fourth-order valence-corrected chi connectivity index (χ4v) is 2.72. The lowest BCUT2D eigenvalue weighted by molar-refractivity contribution is 0.413. The van der Waals surface area contributed by atoms with Crippen LogP contribution in [0.4, 0.5) is 4.39 Å². The molecule has 3 aromatic heterocycles. The number of fused-ring (bicyclic) bond motifs is 1. The van der Waals surface area contributed by atoms with Gasteiger partial charge in [0, 0.05) is 24.9 Å². The summed E-state index contributed by atoms with van der Waals surface area (Å²) in [5, 5.41) is 7.07. The normalized spacial score (nSPS) is 11.0. The Morgan fingerprint density at radius 2 is 2.12 bits per heavy atom. The number of rotatable bonds is 3. The standard InChI is InChI=1S/C18H14FN5O2/c1-24-7-6-10(8-14(24)25)16-17-12(22-23-16)9-20-18(21-17)15-11(19)4-3-5-13(15)26-2/h3-9H,1-2H3,(H,22,23). The molecule has 26 heavy (non-hydrogen) atoms. The zero-order valence-corrected chi connectivity index (χ0v) is 14.0. The number of methoxy groups -OCH3 is 1. The topological polar surface area (TPSA) is 85.7 Å². The van der Waals surface area contributed by atoms with E-state index >= 15 is 0 Å². The highest BCUT2D eigenvalue weighted by atomic mass is 19.1.